The van der Waals surface area contributed by atoms with Crippen molar-refractivity contribution in [2.24, 2.45) is 0 Å². The summed E-state index contributed by atoms with van der Waals surface area (Å²) in [6.07, 6.45) is 0. The first-order valence-electron chi connectivity index (χ1n) is 28.7. The molecule has 0 fully saturated rings. The van der Waals surface area contributed by atoms with Crippen molar-refractivity contribution >= 4 is 314 Å². The second-order valence-electron chi connectivity index (χ2n) is 22.8. The molecular formula is C72H40N8S4Se4. The maximum atomic E-state index is 3.65. The van der Waals surface area contributed by atoms with E-state index in [1.165, 1.54) is 210 Å². The van der Waals surface area contributed by atoms with Gasteiger partial charge in [0.25, 0.3) is 0 Å². The number of aromatic nitrogens is 8. The van der Waals surface area contributed by atoms with Gasteiger partial charge in [-0.3, -0.25) is 0 Å². The average Bonchev–Trinajstić information content (AvgIpc) is 2.31. The van der Waals surface area contributed by atoms with Crippen molar-refractivity contribution in [2.45, 2.75) is 0 Å². The molecule has 0 saturated carbocycles. The zero-order valence-corrected chi connectivity index (χ0v) is 55.9. The Labute approximate surface area is 535 Å². The molecule has 0 bridgehead atoms. The fourth-order valence-electron chi connectivity index (χ4n) is 13.8. The van der Waals surface area contributed by atoms with E-state index in [2.05, 4.69) is 227 Å². The predicted molar refractivity (Wildman–Crippen MR) is 390 cm³/mol. The van der Waals surface area contributed by atoms with Gasteiger partial charge in [-0.15, -0.1) is 45.3 Å². The van der Waals surface area contributed by atoms with Gasteiger partial charge in [-0.1, -0.05) is 0 Å². The number of nitrogens with one attached hydrogen (secondary N) is 8. The first-order valence-corrected chi connectivity index (χ1v) is 39.6. The molecule has 24 aromatic rings. The van der Waals surface area contributed by atoms with E-state index in [1.807, 2.05) is 0 Å². The molecule has 0 radical (unpaired) electrons. The molecule has 0 amide bonds. The van der Waals surface area contributed by atoms with Crippen LogP contribution in [0, 0.1) is 0 Å². The summed E-state index contributed by atoms with van der Waals surface area (Å²) in [5.74, 6) is 0. The molecule has 0 aliphatic carbocycles. The van der Waals surface area contributed by atoms with Gasteiger partial charge in [-0.25, -0.2) is 0 Å². The Hall–Kier alpha value is -8.00. The van der Waals surface area contributed by atoms with Crippen molar-refractivity contribution in [3.05, 3.63) is 187 Å². The Morgan fingerprint density at radius 3 is 0.773 bits per heavy atom. The third-order valence-electron chi connectivity index (χ3n) is 18.0. The number of H-pyrrole nitrogens is 8. The SMILES string of the molecule is c1cc2cc3[nH]c4c5cc6[se]ccc6cc5[nH]c4c3cc2[se]1.c1cc2cc3[nH]c4c5cc6sccc6cc5[nH]c4c3cc2s1.c1cc2cc3c(cc2[se]1)[nH]c1c2cc4cc[se]c4cc2[nH]c31.c1cc2cc3c(cc2s1)[nH]c1c2cc4ccsc4cc2[nH]c31. The van der Waals surface area contributed by atoms with E-state index in [0.29, 0.717) is 58.0 Å². The molecular weight excluding hydrogens is 1420 g/mol. The van der Waals surface area contributed by atoms with Gasteiger partial charge in [0, 0.05) is 62.4 Å². The van der Waals surface area contributed by atoms with Gasteiger partial charge >= 0.3 is 275 Å². The molecule has 416 valence electrons. The molecule has 0 aliphatic heterocycles. The maximum Gasteiger partial charge on any atom is 0.0725 e. The van der Waals surface area contributed by atoms with Crippen LogP contribution in [0.3, 0.4) is 0 Å². The summed E-state index contributed by atoms with van der Waals surface area (Å²) in [5.41, 5.74) is 19.7. The molecule has 0 saturated heterocycles. The van der Waals surface area contributed by atoms with Crippen molar-refractivity contribution in [1.29, 1.82) is 0 Å². The maximum absolute atomic E-state index is 3.65. The number of thiophene rings is 4. The molecule has 0 unspecified atom stereocenters. The molecule has 8 aromatic carbocycles. The van der Waals surface area contributed by atoms with Crippen LogP contribution in [0.15, 0.2) is 187 Å². The van der Waals surface area contributed by atoms with E-state index in [0.717, 1.165) is 0 Å². The zero-order chi connectivity index (χ0) is 57.0. The van der Waals surface area contributed by atoms with Crippen LogP contribution in [0.4, 0.5) is 0 Å². The summed E-state index contributed by atoms with van der Waals surface area (Å²) in [4.78, 5) is 38.3. The molecule has 24 rings (SSSR count). The minimum absolute atomic E-state index is 0.494. The van der Waals surface area contributed by atoms with Gasteiger partial charge in [0.15, 0.2) is 0 Å². The molecule has 88 heavy (non-hydrogen) atoms. The smallest absolute Gasteiger partial charge is 0.0725 e. The molecule has 8 nitrogen and oxygen atoms in total. The standard InChI is InChI=1S/2C18H10N2S2.2C18H10N2Se2/c1-3-21-15-7-11-13(5-9(1)15)19-18-12-8-16-10(2-4-22-16)6-14(12)20-17(11)18;1-3-21-15-7-13-11(5-9(1)15)17-18(19-13)12-6-10-2-4-22-16(10)8-14(12)20-17;1-3-21-15-7-11-13(5-9(1)15)19-18-12-8-16-10(2-4-22-16)6-14(12)20-17(11)18;1-3-21-15-7-13-11(5-9(1)15)17-18(19-13)12-6-10-2-4-22-16(10)8-14(12)20-17/h4*1-8,19-20H. The quantitative estimate of drug-likeness (QED) is 0.0689. The first-order chi connectivity index (χ1) is 43.5. The van der Waals surface area contributed by atoms with Gasteiger partial charge in [0.05, 0.1) is 22.1 Å². The summed E-state index contributed by atoms with van der Waals surface area (Å²) in [6, 6.07) is 54.7. The van der Waals surface area contributed by atoms with Gasteiger partial charge in [0.1, 0.15) is 0 Å². The van der Waals surface area contributed by atoms with Crippen molar-refractivity contribution < 1.29 is 0 Å². The number of hydrogen-bond donors (Lipinski definition) is 8. The number of rotatable bonds is 0. The van der Waals surface area contributed by atoms with E-state index in [9.17, 15) is 0 Å². The topological polar surface area (TPSA) is 126 Å². The number of aromatic amines is 8. The van der Waals surface area contributed by atoms with E-state index in [-0.39, 0.29) is 0 Å². The fourth-order valence-corrected chi connectivity index (χ4v) is 23.8. The second-order valence-corrected chi connectivity index (χ2v) is 34.6. The van der Waals surface area contributed by atoms with Gasteiger partial charge in [0.2, 0.25) is 0 Å². The average molecular weight is 1460 g/mol. The number of benzene rings is 8. The summed E-state index contributed by atoms with van der Waals surface area (Å²) in [7, 11) is 0. The minimum Gasteiger partial charge on any atom is -0.353 e. The summed E-state index contributed by atoms with van der Waals surface area (Å²) >= 11 is 9.17. The molecule has 0 spiro atoms. The van der Waals surface area contributed by atoms with Crippen molar-refractivity contribution in [1.82, 2.24) is 39.9 Å². The van der Waals surface area contributed by atoms with E-state index in [4.69, 9.17) is 0 Å². The zero-order valence-electron chi connectivity index (χ0n) is 45.7. The Kier molecular flexibility index (Phi) is 10.7. The predicted octanol–water partition coefficient (Wildman–Crippen LogP) is 20.9. The van der Waals surface area contributed by atoms with Crippen LogP contribution in [-0.2, 0) is 0 Å². The number of hydrogen-bond acceptors (Lipinski definition) is 4. The van der Waals surface area contributed by atoms with Gasteiger partial charge in [-0.2, -0.15) is 0 Å². The molecule has 16 aromatic heterocycles. The van der Waals surface area contributed by atoms with Gasteiger partial charge < -0.3 is 19.9 Å². The molecule has 0 atom stereocenters. The van der Waals surface area contributed by atoms with Gasteiger partial charge in [-0.05, 0) is 116 Å². The fraction of sp³-hybridized carbons (Fsp3) is 0. The minimum atomic E-state index is 0.494. The third kappa shape index (κ3) is 7.52. The Morgan fingerprint density at radius 2 is 0.432 bits per heavy atom. The molecule has 16 heterocycles. The van der Waals surface area contributed by atoms with Crippen LogP contribution in [0.2, 0.25) is 0 Å². The summed E-state index contributed by atoms with van der Waals surface area (Å²) < 4.78 is 11.3. The second kappa shape index (κ2) is 18.8. The summed E-state index contributed by atoms with van der Waals surface area (Å²) in [6.45, 7) is 0. The Bertz CT molecular complexity index is 5730. The molecule has 16 heteroatoms. The van der Waals surface area contributed by atoms with Crippen LogP contribution in [-0.4, -0.2) is 97.9 Å². The summed E-state index contributed by atoms with van der Waals surface area (Å²) in [5, 5.41) is 29.8. The third-order valence-corrected chi connectivity index (χ3v) is 28.9. The molecule has 0 aliphatic rings. The largest absolute Gasteiger partial charge is 0.353 e. The normalized spacial score (nSPS) is 12.5. The number of fused-ring (bicyclic) bond motifs is 28. The van der Waals surface area contributed by atoms with E-state index < -0.39 is 0 Å². The Balaban J connectivity index is 0.0000000803. The first kappa shape index (κ1) is 49.9. The van der Waals surface area contributed by atoms with Crippen molar-refractivity contribution in [3.8, 4) is 0 Å². The Morgan fingerprint density at radius 1 is 0.205 bits per heavy atom. The van der Waals surface area contributed by atoms with Crippen LogP contribution < -0.4 is 0 Å². The van der Waals surface area contributed by atoms with Crippen LogP contribution in [0.5, 0.6) is 0 Å². The van der Waals surface area contributed by atoms with E-state index >= 15 is 0 Å². The van der Waals surface area contributed by atoms with Crippen molar-refractivity contribution in [3.63, 3.8) is 0 Å². The monoisotopic (exact) mass is 1460 g/mol. The van der Waals surface area contributed by atoms with Crippen molar-refractivity contribution in [2.75, 3.05) is 0 Å². The van der Waals surface area contributed by atoms with Crippen LogP contribution >= 0.6 is 45.3 Å². The molecule has 8 N–H and O–H groups in total. The van der Waals surface area contributed by atoms with Crippen LogP contribution in [0.25, 0.3) is 210 Å². The van der Waals surface area contributed by atoms with Crippen LogP contribution in [0.1, 0.15) is 0 Å². The van der Waals surface area contributed by atoms with E-state index in [1.54, 1.807) is 45.3 Å².